The number of ether oxygens (including phenoxy) is 1. The lowest BCUT2D eigenvalue weighted by molar-refractivity contribution is -0.129. The molecule has 3 rings (SSSR count). The highest BCUT2D eigenvalue weighted by molar-refractivity contribution is 6.05. The number of aromatic nitrogens is 1. The molecule has 1 aliphatic rings. The second kappa shape index (κ2) is 8.07. The van der Waals surface area contributed by atoms with E-state index in [1.165, 1.54) is 0 Å². The topological polar surface area (TPSA) is 74.8 Å². The third kappa shape index (κ3) is 4.36. The Morgan fingerprint density at radius 1 is 1.11 bits per heavy atom. The van der Waals surface area contributed by atoms with Gasteiger partial charge in [-0.25, -0.2) is 0 Å². The molecule has 142 valence electrons. The molecule has 2 amide bonds. The Morgan fingerprint density at radius 2 is 1.85 bits per heavy atom. The highest BCUT2D eigenvalue weighted by Gasteiger charge is 2.20. The molecule has 7 nitrogen and oxygen atoms in total. The van der Waals surface area contributed by atoms with Gasteiger partial charge in [0.05, 0.1) is 30.2 Å². The Labute approximate surface area is 158 Å². The molecule has 0 bridgehead atoms. The van der Waals surface area contributed by atoms with Crippen molar-refractivity contribution in [1.29, 1.82) is 0 Å². The predicted molar refractivity (Wildman–Crippen MR) is 104 cm³/mol. The van der Waals surface area contributed by atoms with Crippen molar-refractivity contribution in [2.45, 2.75) is 13.8 Å². The third-order valence-electron chi connectivity index (χ3n) is 4.68. The van der Waals surface area contributed by atoms with E-state index in [4.69, 9.17) is 4.74 Å². The summed E-state index contributed by atoms with van der Waals surface area (Å²) in [7, 11) is 1.57. The van der Waals surface area contributed by atoms with Crippen LogP contribution < -0.4 is 15.0 Å². The molecule has 0 radical (unpaired) electrons. The van der Waals surface area contributed by atoms with Crippen LogP contribution in [0, 0.1) is 6.92 Å². The molecule has 1 N–H and O–H groups in total. The van der Waals surface area contributed by atoms with E-state index in [1.807, 2.05) is 36.1 Å². The number of amides is 2. The molecule has 1 aromatic heterocycles. The summed E-state index contributed by atoms with van der Waals surface area (Å²) in [5.74, 6) is 0.460. The summed E-state index contributed by atoms with van der Waals surface area (Å²) < 4.78 is 5.31. The Balaban J connectivity index is 1.73. The quantitative estimate of drug-likeness (QED) is 0.896. The van der Waals surface area contributed by atoms with Gasteiger partial charge in [-0.3, -0.25) is 14.6 Å². The lowest BCUT2D eigenvalue weighted by Crippen LogP contribution is -2.48. The van der Waals surface area contributed by atoms with E-state index < -0.39 is 0 Å². The van der Waals surface area contributed by atoms with Gasteiger partial charge in [0.25, 0.3) is 5.91 Å². The van der Waals surface area contributed by atoms with Crippen LogP contribution >= 0.6 is 0 Å². The lowest BCUT2D eigenvalue weighted by atomic mass is 10.2. The number of carbonyl (C=O) groups is 2. The van der Waals surface area contributed by atoms with Crippen LogP contribution in [0.25, 0.3) is 0 Å². The van der Waals surface area contributed by atoms with Crippen LogP contribution in [-0.2, 0) is 4.79 Å². The summed E-state index contributed by atoms with van der Waals surface area (Å²) >= 11 is 0. The number of methoxy groups -OCH3 is 1. The summed E-state index contributed by atoms with van der Waals surface area (Å²) in [5, 5.41) is 2.90. The van der Waals surface area contributed by atoms with Crippen LogP contribution in [0.4, 0.5) is 11.4 Å². The van der Waals surface area contributed by atoms with Gasteiger partial charge < -0.3 is 19.9 Å². The minimum Gasteiger partial charge on any atom is -0.495 e. The molecule has 27 heavy (non-hydrogen) atoms. The van der Waals surface area contributed by atoms with Crippen LogP contribution in [0.5, 0.6) is 5.75 Å². The maximum Gasteiger partial charge on any atom is 0.257 e. The first-order valence-corrected chi connectivity index (χ1v) is 8.89. The first kappa shape index (κ1) is 18.7. The average molecular weight is 368 g/mol. The molecule has 0 atom stereocenters. The van der Waals surface area contributed by atoms with Gasteiger partial charge in [0.15, 0.2) is 0 Å². The van der Waals surface area contributed by atoms with Gasteiger partial charge in [-0.15, -0.1) is 0 Å². The molecule has 7 heteroatoms. The number of benzene rings is 1. The second-order valence-corrected chi connectivity index (χ2v) is 6.58. The third-order valence-corrected chi connectivity index (χ3v) is 4.68. The second-order valence-electron chi connectivity index (χ2n) is 6.58. The number of aryl methyl sites for hydroxylation is 1. The minimum atomic E-state index is -0.240. The standard InChI is InChI=1S/C20H24N4O3/c1-14-4-5-19(27-3)18(10-14)22-20(26)16-11-17(13-21-12-16)24-8-6-23(7-9-24)15(2)25/h4-5,10-13H,6-9H2,1-3H3,(H,22,26). The summed E-state index contributed by atoms with van der Waals surface area (Å²) in [4.78, 5) is 32.3. The van der Waals surface area contributed by atoms with E-state index >= 15 is 0 Å². The zero-order chi connectivity index (χ0) is 19.4. The Morgan fingerprint density at radius 3 is 2.52 bits per heavy atom. The smallest absolute Gasteiger partial charge is 0.257 e. The van der Waals surface area contributed by atoms with E-state index in [0.717, 1.165) is 24.3 Å². The number of hydrogen-bond donors (Lipinski definition) is 1. The van der Waals surface area contributed by atoms with E-state index in [2.05, 4.69) is 15.2 Å². The number of anilines is 2. The maximum absolute atomic E-state index is 12.7. The fraction of sp³-hybridized carbons (Fsp3) is 0.350. The number of piperazine rings is 1. The van der Waals surface area contributed by atoms with Crippen LogP contribution in [0.2, 0.25) is 0 Å². The first-order valence-electron chi connectivity index (χ1n) is 8.89. The zero-order valence-corrected chi connectivity index (χ0v) is 15.9. The Kier molecular flexibility index (Phi) is 5.59. The highest BCUT2D eigenvalue weighted by atomic mass is 16.5. The van der Waals surface area contributed by atoms with Crippen LogP contribution in [-0.4, -0.2) is 55.0 Å². The molecule has 1 saturated heterocycles. The number of carbonyl (C=O) groups excluding carboxylic acids is 2. The van der Waals surface area contributed by atoms with Gasteiger partial charge in [0, 0.05) is 39.3 Å². The molecule has 1 fully saturated rings. The van der Waals surface area contributed by atoms with Crippen LogP contribution in [0.3, 0.4) is 0 Å². The molecule has 1 aliphatic heterocycles. The summed E-state index contributed by atoms with van der Waals surface area (Å²) in [6, 6.07) is 7.45. The van der Waals surface area contributed by atoms with Crippen LogP contribution in [0.15, 0.2) is 36.7 Å². The van der Waals surface area contributed by atoms with Gasteiger partial charge in [0.1, 0.15) is 5.75 Å². The van der Waals surface area contributed by atoms with E-state index in [1.54, 1.807) is 26.4 Å². The molecule has 0 unspecified atom stereocenters. The van der Waals surface area contributed by atoms with Crippen molar-refractivity contribution in [3.63, 3.8) is 0 Å². The number of rotatable bonds is 4. The molecule has 2 heterocycles. The largest absolute Gasteiger partial charge is 0.495 e. The molecule has 1 aromatic carbocycles. The highest BCUT2D eigenvalue weighted by Crippen LogP contribution is 2.26. The molecule has 0 spiro atoms. The van der Waals surface area contributed by atoms with E-state index in [9.17, 15) is 9.59 Å². The van der Waals surface area contributed by atoms with Crippen molar-refractivity contribution in [1.82, 2.24) is 9.88 Å². The van der Waals surface area contributed by atoms with Crippen LogP contribution in [0.1, 0.15) is 22.8 Å². The molecular formula is C20H24N4O3. The lowest BCUT2D eigenvalue weighted by Gasteiger charge is -2.35. The number of nitrogens with zero attached hydrogens (tertiary/aromatic N) is 3. The van der Waals surface area contributed by atoms with Crippen molar-refractivity contribution in [2.75, 3.05) is 43.5 Å². The van der Waals surface area contributed by atoms with Gasteiger partial charge in [-0.1, -0.05) is 6.07 Å². The number of nitrogens with one attached hydrogen (secondary N) is 1. The van der Waals surface area contributed by atoms with E-state index in [0.29, 0.717) is 30.1 Å². The Hall–Kier alpha value is -3.09. The number of hydrogen-bond acceptors (Lipinski definition) is 5. The summed E-state index contributed by atoms with van der Waals surface area (Å²) in [6.07, 6.45) is 3.29. The van der Waals surface area contributed by atoms with Crippen molar-refractivity contribution in [2.24, 2.45) is 0 Å². The zero-order valence-electron chi connectivity index (χ0n) is 15.9. The molecule has 0 aliphatic carbocycles. The van der Waals surface area contributed by atoms with Gasteiger partial charge >= 0.3 is 0 Å². The molecule has 0 saturated carbocycles. The fourth-order valence-corrected chi connectivity index (χ4v) is 3.12. The minimum absolute atomic E-state index is 0.0907. The molecular weight excluding hydrogens is 344 g/mol. The first-order chi connectivity index (χ1) is 13.0. The van der Waals surface area contributed by atoms with Gasteiger partial charge in [0.2, 0.25) is 5.91 Å². The van der Waals surface area contributed by atoms with Crippen molar-refractivity contribution < 1.29 is 14.3 Å². The maximum atomic E-state index is 12.7. The molecule has 2 aromatic rings. The Bertz CT molecular complexity index is 845. The van der Waals surface area contributed by atoms with Crippen molar-refractivity contribution in [3.05, 3.63) is 47.8 Å². The van der Waals surface area contributed by atoms with Gasteiger partial charge in [-0.05, 0) is 30.7 Å². The summed E-state index contributed by atoms with van der Waals surface area (Å²) in [5.41, 5.74) is 3.01. The monoisotopic (exact) mass is 368 g/mol. The normalized spacial score (nSPS) is 14.0. The van der Waals surface area contributed by atoms with Crippen molar-refractivity contribution in [3.8, 4) is 5.75 Å². The fourth-order valence-electron chi connectivity index (χ4n) is 3.12. The van der Waals surface area contributed by atoms with E-state index in [-0.39, 0.29) is 11.8 Å². The van der Waals surface area contributed by atoms with Crippen molar-refractivity contribution >= 4 is 23.2 Å². The number of pyridine rings is 1. The average Bonchev–Trinajstić information content (AvgIpc) is 2.68. The SMILES string of the molecule is COc1ccc(C)cc1NC(=O)c1cncc(N2CCN(C(C)=O)CC2)c1. The summed E-state index contributed by atoms with van der Waals surface area (Å²) in [6.45, 7) is 6.33. The predicted octanol–water partition coefficient (Wildman–Crippen LogP) is 2.32. The van der Waals surface area contributed by atoms with Gasteiger partial charge in [-0.2, -0.15) is 0 Å².